The van der Waals surface area contributed by atoms with E-state index < -0.39 is 0 Å². The fourth-order valence-corrected chi connectivity index (χ4v) is 2.28. The molecule has 1 heterocycles. The van der Waals surface area contributed by atoms with Crippen molar-refractivity contribution in [2.75, 3.05) is 13.1 Å². The Kier molecular flexibility index (Phi) is 2.99. The summed E-state index contributed by atoms with van der Waals surface area (Å²) in [6, 6.07) is 0. The molecule has 1 N–H and O–H groups in total. The van der Waals surface area contributed by atoms with E-state index in [0.29, 0.717) is 0 Å². The Morgan fingerprint density at radius 2 is 1.40 bits per heavy atom. The normalized spacial score (nSPS) is 38.4. The zero-order valence-electron chi connectivity index (χ0n) is 6.31. The van der Waals surface area contributed by atoms with Gasteiger partial charge in [-0.15, -0.1) is 12.4 Å². The number of hydrogen-bond acceptors (Lipinski definition) is 1. The molecule has 10 heavy (non-hydrogen) atoms. The molecule has 0 amide bonds. The van der Waals surface area contributed by atoms with E-state index >= 15 is 0 Å². The first-order valence-electron chi connectivity index (χ1n) is 4.17. The molecule has 1 saturated heterocycles. The molecule has 0 aromatic heterocycles. The number of halogens is 1. The largest absolute Gasteiger partial charge is 0.316 e. The summed E-state index contributed by atoms with van der Waals surface area (Å²) in [5.74, 6) is 2.11. The molecular weight excluding hydrogens is 146 g/mol. The second-order valence-electron chi connectivity index (χ2n) is 3.46. The lowest BCUT2D eigenvalue weighted by Crippen LogP contribution is -2.16. The minimum Gasteiger partial charge on any atom is -0.316 e. The number of rotatable bonds is 0. The van der Waals surface area contributed by atoms with E-state index in [1.54, 1.807) is 0 Å². The molecule has 2 fully saturated rings. The lowest BCUT2D eigenvalue weighted by molar-refractivity contribution is 0.299. The number of fused-ring (bicyclic) bond motifs is 1. The van der Waals surface area contributed by atoms with Crippen molar-refractivity contribution in [3.05, 3.63) is 0 Å². The van der Waals surface area contributed by atoms with Crippen molar-refractivity contribution in [1.29, 1.82) is 0 Å². The maximum Gasteiger partial charge on any atom is -0.00173 e. The zero-order chi connectivity index (χ0) is 6.10. The summed E-state index contributed by atoms with van der Waals surface area (Å²) in [4.78, 5) is 0. The summed E-state index contributed by atoms with van der Waals surface area (Å²) < 4.78 is 0. The van der Waals surface area contributed by atoms with Crippen molar-refractivity contribution >= 4 is 12.4 Å². The van der Waals surface area contributed by atoms with E-state index in [-0.39, 0.29) is 12.4 Å². The molecule has 0 aromatic carbocycles. The molecule has 0 unspecified atom stereocenters. The van der Waals surface area contributed by atoms with Crippen LogP contribution in [0.15, 0.2) is 0 Å². The second kappa shape index (κ2) is 3.59. The zero-order valence-corrected chi connectivity index (χ0v) is 7.12. The molecule has 2 atom stereocenters. The molecule has 1 aliphatic heterocycles. The molecule has 60 valence electrons. The third-order valence-corrected chi connectivity index (χ3v) is 2.88. The van der Waals surface area contributed by atoms with Crippen molar-refractivity contribution < 1.29 is 0 Å². The minimum absolute atomic E-state index is 0. The Morgan fingerprint density at radius 3 is 1.90 bits per heavy atom. The number of nitrogens with one attached hydrogen (secondary N) is 1. The Balaban J connectivity index is 0.000000500. The summed E-state index contributed by atoms with van der Waals surface area (Å²) in [5.41, 5.74) is 0. The van der Waals surface area contributed by atoms with Crippen LogP contribution in [0.1, 0.15) is 25.7 Å². The van der Waals surface area contributed by atoms with E-state index in [1.165, 1.54) is 38.8 Å². The van der Waals surface area contributed by atoms with Gasteiger partial charge < -0.3 is 5.32 Å². The average molecular weight is 162 g/mol. The Labute approximate surface area is 69.0 Å². The lowest BCUT2D eigenvalue weighted by Gasteiger charge is -2.23. The van der Waals surface area contributed by atoms with Crippen LogP contribution in [-0.2, 0) is 0 Å². The third kappa shape index (κ3) is 1.46. The highest BCUT2D eigenvalue weighted by Gasteiger charge is 2.28. The molecule has 0 radical (unpaired) electrons. The highest BCUT2D eigenvalue weighted by atomic mass is 35.5. The van der Waals surface area contributed by atoms with E-state index in [9.17, 15) is 0 Å². The van der Waals surface area contributed by atoms with Gasteiger partial charge in [0.15, 0.2) is 0 Å². The Hall–Kier alpha value is 0.250. The average Bonchev–Trinajstić information content (AvgIpc) is 2.33. The topological polar surface area (TPSA) is 12.0 Å². The first kappa shape index (κ1) is 8.35. The van der Waals surface area contributed by atoms with Crippen LogP contribution in [0.5, 0.6) is 0 Å². The fourth-order valence-electron chi connectivity index (χ4n) is 2.28. The minimum atomic E-state index is 0. The molecule has 0 bridgehead atoms. The molecule has 1 aliphatic carbocycles. The van der Waals surface area contributed by atoms with Gasteiger partial charge in [0.1, 0.15) is 0 Å². The smallest absolute Gasteiger partial charge is 0.00173 e. The molecule has 0 spiro atoms. The standard InChI is InChI=1S/C8H15N.ClH/c1-2-4-8-6-9-5-7(8)3-1;/h7-9H,1-6H2;1H/t7-,8-;/m1./s1. The first-order valence-corrected chi connectivity index (χ1v) is 4.17. The van der Waals surface area contributed by atoms with Crippen LogP contribution in [-0.4, -0.2) is 13.1 Å². The van der Waals surface area contributed by atoms with Gasteiger partial charge in [0, 0.05) is 0 Å². The molecule has 1 nitrogen and oxygen atoms in total. The van der Waals surface area contributed by atoms with E-state index in [2.05, 4.69) is 5.32 Å². The van der Waals surface area contributed by atoms with Crippen molar-refractivity contribution in [2.45, 2.75) is 25.7 Å². The van der Waals surface area contributed by atoms with Crippen LogP contribution in [0.25, 0.3) is 0 Å². The highest BCUT2D eigenvalue weighted by molar-refractivity contribution is 5.85. The summed E-state index contributed by atoms with van der Waals surface area (Å²) in [6.07, 6.45) is 5.97. The predicted octanol–water partition coefficient (Wildman–Crippen LogP) is 1.82. The third-order valence-electron chi connectivity index (χ3n) is 2.88. The molecule has 2 aliphatic rings. The second-order valence-corrected chi connectivity index (χ2v) is 3.46. The van der Waals surface area contributed by atoms with Crippen molar-refractivity contribution in [3.63, 3.8) is 0 Å². The van der Waals surface area contributed by atoms with Crippen LogP contribution in [0.4, 0.5) is 0 Å². The maximum absolute atomic E-state index is 3.46. The van der Waals surface area contributed by atoms with Gasteiger partial charge in [0.25, 0.3) is 0 Å². The summed E-state index contributed by atoms with van der Waals surface area (Å²) in [6.45, 7) is 2.62. The van der Waals surface area contributed by atoms with Gasteiger partial charge in [-0.2, -0.15) is 0 Å². The van der Waals surface area contributed by atoms with Gasteiger partial charge in [0.2, 0.25) is 0 Å². The van der Waals surface area contributed by atoms with Gasteiger partial charge in [0.05, 0.1) is 0 Å². The van der Waals surface area contributed by atoms with Crippen molar-refractivity contribution in [3.8, 4) is 0 Å². The quantitative estimate of drug-likeness (QED) is 0.572. The van der Waals surface area contributed by atoms with Gasteiger partial charge in [-0.25, -0.2) is 0 Å². The van der Waals surface area contributed by atoms with E-state index in [1.807, 2.05) is 0 Å². The van der Waals surface area contributed by atoms with Crippen LogP contribution in [0, 0.1) is 11.8 Å². The van der Waals surface area contributed by atoms with Crippen LogP contribution in [0.3, 0.4) is 0 Å². The van der Waals surface area contributed by atoms with Crippen LogP contribution < -0.4 is 5.32 Å². The molecule has 1 saturated carbocycles. The summed E-state index contributed by atoms with van der Waals surface area (Å²) >= 11 is 0. The fraction of sp³-hybridized carbons (Fsp3) is 1.00. The van der Waals surface area contributed by atoms with Crippen molar-refractivity contribution in [1.82, 2.24) is 5.32 Å². The Bertz CT molecular complexity index is 93.4. The SMILES string of the molecule is C1CC[C@@H]2CNC[C@H]2C1.Cl. The highest BCUT2D eigenvalue weighted by Crippen LogP contribution is 2.31. The number of hydrogen-bond donors (Lipinski definition) is 1. The lowest BCUT2D eigenvalue weighted by atomic mass is 9.82. The van der Waals surface area contributed by atoms with Crippen LogP contribution in [0.2, 0.25) is 0 Å². The first-order chi connectivity index (χ1) is 4.47. The van der Waals surface area contributed by atoms with E-state index in [4.69, 9.17) is 0 Å². The summed E-state index contributed by atoms with van der Waals surface area (Å²) in [7, 11) is 0. The van der Waals surface area contributed by atoms with Gasteiger partial charge in [-0.3, -0.25) is 0 Å². The molecule has 2 rings (SSSR count). The monoisotopic (exact) mass is 161 g/mol. The maximum atomic E-state index is 3.46. The van der Waals surface area contributed by atoms with Gasteiger partial charge in [-0.05, 0) is 37.8 Å². The summed E-state index contributed by atoms with van der Waals surface area (Å²) in [5, 5.41) is 3.46. The molecule has 2 heteroatoms. The molecule has 0 aromatic rings. The van der Waals surface area contributed by atoms with Crippen molar-refractivity contribution in [2.24, 2.45) is 11.8 Å². The van der Waals surface area contributed by atoms with Gasteiger partial charge >= 0.3 is 0 Å². The van der Waals surface area contributed by atoms with Gasteiger partial charge in [-0.1, -0.05) is 12.8 Å². The Morgan fingerprint density at radius 1 is 0.900 bits per heavy atom. The predicted molar refractivity (Wildman–Crippen MR) is 45.6 cm³/mol. The van der Waals surface area contributed by atoms with Crippen LogP contribution >= 0.6 is 12.4 Å². The van der Waals surface area contributed by atoms with E-state index in [0.717, 1.165) is 11.8 Å². The molecular formula is C8H16ClN.